The van der Waals surface area contributed by atoms with E-state index in [1.165, 1.54) is 16.2 Å². The Bertz CT molecular complexity index is 974. The van der Waals surface area contributed by atoms with Crippen LogP contribution in [0.25, 0.3) is 0 Å². The first kappa shape index (κ1) is 19.2. The summed E-state index contributed by atoms with van der Waals surface area (Å²) >= 11 is 13.4. The minimum absolute atomic E-state index is 0.0576. The highest BCUT2D eigenvalue weighted by molar-refractivity contribution is 7.73. The van der Waals surface area contributed by atoms with Crippen molar-refractivity contribution in [2.75, 3.05) is 0 Å². The van der Waals surface area contributed by atoms with Crippen LogP contribution in [0, 0.1) is 0 Å². The second kappa shape index (κ2) is 8.93. The molecule has 1 atom stereocenters. The zero-order valence-corrected chi connectivity index (χ0v) is 17.6. The fourth-order valence-corrected chi connectivity index (χ4v) is 7.13. The van der Waals surface area contributed by atoms with Crippen molar-refractivity contribution < 1.29 is 0 Å². The average molecular weight is 421 g/mol. The fourth-order valence-electron chi connectivity index (χ4n) is 3.48. The van der Waals surface area contributed by atoms with Crippen molar-refractivity contribution in [3.63, 3.8) is 0 Å². The molecule has 0 saturated heterocycles. The molecule has 0 spiro atoms. The third kappa shape index (κ3) is 4.01. The number of hydrogen-bond donors (Lipinski definition) is 0. The molecule has 28 heavy (non-hydrogen) atoms. The minimum Gasteiger partial charge on any atom is -0.0839 e. The summed E-state index contributed by atoms with van der Waals surface area (Å²) in [4.78, 5) is 0. The van der Waals surface area contributed by atoms with Crippen molar-refractivity contribution in [3.05, 3.63) is 130 Å². The van der Waals surface area contributed by atoms with Gasteiger partial charge in [-0.15, -0.1) is 0 Å². The average Bonchev–Trinajstić information content (AvgIpc) is 2.75. The van der Waals surface area contributed by atoms with Crippen LogP contribution in [0.2, 0.25) is 10.0 Å². The standard InChI is InChI=1S/C25H19Cl2P/c26-22-17-10-18-23(27)24(22)25(19-11-4-1-5-12-19)28(20-13-6-2-7-14-20)21-15-8-3-9-16-21/h1-18,25H. The van der Waals surface area contributed by atoms with Crippen molar-refractivity contribution in [1.82, 2.24) is 0 Å². The van der Waals surface area contributed by atoms with Gasteiger partial charge in [0.25, 0.3) is 0 Å². The van der Waals surface area contributed by atoms with E-state index >= 15 is 0 Å². The normalized spacial score (nSPS) is 12.1. The number of rotatable bonds is 5. The molecule has 0 aliphatic rings. The summed E-state index contributed by atoms with van der Waals surface area (Å²) in [5.41, 5.74) is 2.27. The Hall–Kier alpha value is -2.11. The zero-order valence-electron chi connectivity index (χ0n) is 15.2. The summed E-state index contributed by atoms with van der Waals surface area (Å²) in [6, 6.07) is 37.7. The van der Waals surface area contributed by atoms with Gasteiger partial charge in [0.1, 0.15) is 0 Å². The maximum atomic E-state index is 6.72. The Labute approximate surface area is 177 Å². The maximum absolute atomic E-state index is 6.72. The predicted molar refractivity (Wildman–Crippen MR) is 124 cm³/mol. The van der Waals surface area contributed by atoms with Gasteiger partial charge in [-0.1, -0.05) is 120 Å². The van der Waals surface area contributed by atoms with Crippen molar-refractivity contribution in [2.45, 2.75) is 5.66 Å². The molecule has 1 unspecified atom stereocenters. The highest BCUT2D eigenvalue weighted by atomic mass is 35.5. The lowest BCUT2D eigenvalue weighted by Gasteiger charge is -2.31. The molecule has 0 bridgehead atoms. The van der Waals surface area contributed by atoms with Crippen molar-refractivity contribution >= 4 is 41.7 Å². The Kier molecular flexibility index (Phi) is 6.13. The molecule has 0 heterocycles. The lowest BCUT2D eigenvalue weighted by molar-refractivity contribution is 1.14. The highest BCUT2D eigenvalue weighted by Crippen LogP contribution is 2.56. The lowest BCUT2D eigenvalue weighted by Crippen LogP contribution is -2.18. The molecular formula is C25H19Cl2P. The van der Waals surface area contributed by atoms with Gasteiger partial charge < -0.3 is 0 Å². The molecule has 0 aliphatic heterocycles. The second-order valence-electron chi connectivity index (χ2n) is 6.49. The van der Waals surface area contributed by atoms with Crippen molar-refractivity contribution in [3.8, 4) is 0 Å². The first-order chi connectivity index (χ1) is 13.8. The fraction of sp³-hybridized carbons (Fsp3) is 0.0400. The Morgan fingerprint density at radius 2 is 0.929 bits per heavy atom. The van der Waals surface area contributed by atoms with E-state index in [1.54, 1.807) is 0 Å². The molecule has 0 saturated carbocycles. The van der Waals surface area contributed by atoms with Crippen LogP contribution < -0.4 is 10.6 Å². The van der Waals surface area contributed by atoms with Gasteiger partial charge >= 0.3 is 0 Å². The van der Waals surface area contributed by atoms with E-state index in [-0.39, 0.29) is 5.66 Å². The van der Waals surface area contributed by atoms with Crippen LogP contribution in [-0.4, -0.2) is 0 Å². The van der Waals surface area contributed by atoms with E-state index in [4.69, 9.17) is 23.2 Å². The van der Waals surface area contributed by atoms with E-state index in [1.807, 2.05) is 24.3 Å². The molecule has 0 fully saturated rings. The van der Waals surface area contributed by atoms with Crippen LogP contribution in [0.1, 0.15) is 16.8 Å². The maximum Gasteiger partial charge on any atom is 0.0462 e. The first-order valence-electron chi connectivity index (χ1n) is 9.14. The molecule has 0 radical (unpaired) electrons. The molecule has 3 heteroatoms. The molecule has 0 N–H and O–H groups in total. The zero-order chi connectivity index (χ0) is 19.3. The largest absolute Gasteiger partial charge is 0.0839 e. The third-order valence-electron chi connectivity index (χ3n) is 4.72. The predicted octanol–water partition coefficient (Wildman–Crippen LogP) is 7.22. The quantitative estimate of drug-likeness (QED) is 0.299. The van der Waals surface area contributed by atoms with Crippen molar-refractivity contribution in [2.24, 2.45) is 0 Å². The van der Waals surface area contributed by atoms with Gasteiger partial charge in [-0.25, -0.2) is 0 Å². The molecule has 0 nitrogen and oxygen atoms in total. The van der Waals surface area contributed by atoms with Crippen LogP contribution >= 0.6 is 31.1 Å². The molecule has 0 aromatic heterocycles. The van der Waals surface area contributed by atoms with Gasteiger partial charge in [-0.3, -0.25) is 0 Å². The van der Waals surface area contributed by atoms with Gasteiger partial charge in [0, 0.05) is 21.3 Å². The SMILES string of the molecule is Clc1cccc(Cl)c1C(c1ccccc1)P(c1ccccc1)c1ccccc1. The topological polar surface area (TPSA) is 0 Å². The van der Waals surface area contributed by atoms with Gasteiger partial charge in [-0.05, 0) is 36.2 Å². The van der Waals surface area contributed by atoms with E-state index in [0.29, 0.717) is 10.0 Å². The van der Waals surface area contributed by atoms with Crippen LogP contribution in [0.5, 0.6) is 0 Å². The molecule has 4 rings (SSSR count). The molecule has 0 aliphatic carbocycles. The van der Waals surface area contributed by atoms with Crippen LogP contribution in [0.3, 0.4) is 0 Å². The summed E-state index contributed by atoms with van der Waals surface area (Å²) < 4.78 is 0. The van der Waals surface area contributed by atoms with Gasteiger partial charge in [0.15, 0.2) is 0 Å². The Morgan fingerprint density at radius 1 is 0.500 bits per heavy atom. The third-order valence-corrected chi connectivity index (χ3v) is 8.16. The van der Waals surface area contributed by atoms with Crippen molar-refractivity contribution in [1.29, 1.82) is 0 Å². The Balaban J connectivity index is 2.00. The molecule has 138 valence electrons. The van der Waals surface area contributed by atoms with Crippen LogP contribution in [0.4, 0.5) is 0 Å². The van der Waals surface area contributed by atoms with E-state index < -0.39 is 7.92 Å². The number of hydrogen-bond acceptors (Lipinski definition) is 0. The summed E-state index contributed by atoms with van der Waals surface area (Å²) in [6.45, 7) is 0. The molecular weight excluding hydrogens is 402 g/mol. The van der Waals surface area contributed by atoms with E-state index in [9.17, 15) is 0 Å². The second-order valence-corrected chi connectivity index (χ2v) is 9.59. The smallest absolute Gasteiger partial charge is 0.0462 e. The summed E-state index contributed by atoms with van der Waals surface area (Å²) in [7, 11) is -0.768. The lowest BCUT2D eigenvalue weighted by atomic mass is 10.0. The molecule has 0 amide bonds. The first-order valence-corrected chi connectivity index (χ1v) is 11.3. The number of halogens is 2. The molecule has 4 aromatic carbocycles. The minimum atomic E-state index is -0.768. The highest BCUT2D eigenvalue weighted by Gasteiger charge is 2.30. The Morgan fingerprint density at radius 3 is 1.39 bits per heavy atom. The summed E-state index contributed by atoms with van der Waals surface area (Å²) in [5.74, 6) is 0. The van der Waals surface area contributed by atoms with E-state index in [2.05, 4.69) is 84.9 Å². The van der Waals surface area contributed by atoms with Crippen LogP contribution in [0.15, 0.2) is 109 Å². The van der Waals surface area contributed by atoms with E-state index in [0.717, 1.165) is 5.56 Å². The molecule has 4 aromatic rings. The van der Waals surface area contributed by atoms with Gasteiger partial charge in [-0.2, -0.15) is 0 Å². The summed E-state index contributed by atoms with van der Waals surface area (Å²) in [5, 5.41) is 4.02. The summed E-state index contributed by atoms with van der Waals surface area (Å²) in [6.07, 6.45) is 0. The van der Waals surface area contributed by atoms with Crippen LogP contribution in [-0.2, 0) is 0 Å². The monoisotopic (exact) mass is 420 g/mol. The van der Waals surface area contributed by atoms with Gasteiger partial charge in [0.2, 0.25) is 0 Å². The van der Waals surface area contributed by atoms with Gasteiger partial charge in [0.05, 0.1) is 0 Å². The number of benzene rings is 4.